The summed E-state index contributed by atoms with van der Waals surface area (Å²) in [5.74, 6) is -0.263. The van der Waals surface area contributed by atoms with Crippen LogP contribution in [0.5, 0.6) is 5.75 Å². The molecule has 0 fully saturated rings. The largest absolute Gasteiger partial charge is 0.481 e. The Morgan fingerprint density at radius 3 is 2.60 bits per heavy atom. The quantitative estimate of drug-likeness (QED) is 0.805. The van der Waals surface area contributed by atoms with Gasteiger partial charge in [0.05, 0.1) is 0 Å². The van der Waals surface area contributed by atoms with Crippen molar-refractivity contribution in [3.05, 3.63) is 29.6 Å². The van der Waals surface area contributed by atoms with Gasteiger partial charge < -0.3 is 15.4 Å². The van der Waals surface area contributed by atoms with Gasteiger partial charge in [0.15, 0.2) is 18.2 Å². The van der Waals surface area contributed by atoms with Gasteiger partial charge in [-0.3, -0.25) is 4.79 Å². The van der Waals surface area contributed by atoms with E-state index in [-0.39, 0.29) is 24.3 Å². The van der Waals surface area contributed by atoms with Gasteiger partial charge in [-0.2, -0.15) is 0 Å². The zero-order valence-electron chi connectivity index (χ0n) is 12.5. The predicted molar refractivity (Wildman–Crippen MR) is 77.1 cm³/mol. The van der Waals surface area contributed by atoms with Gasteiger partial charge in [-0.25, -0.2) is 4.39 Å². The highest BCUT2D eigenvalue weighted by Gasteiger charge is 2.12. The van der Waals surface area contributed by atoms with Gasteiger partial charge in [0.25, 0.3) is 5.91 Å². The van der Waals surface area contributed by atoms with Crippen LogP contribution < -0.4 is 15.4 Å². The number of nitrogens with one attached hydrogen (secondary N) is 2. The van der Waals surface area contributed by atoms with E-state index in [1.54, 1.807) is 19.2 Å². The van der Waals surface area contributed by atoms with E-state index in [1.807, 2.05) is 20.8 Å². The fraction of sp³-hybridized carbons (Fsp3) is 0.533. The molecule has 0 spiro atoms. The minimum absolute atomic E-state index is 0.0638. The van der Waals surface area contributed by atoms with Gasteiger partial charge in [-0.1, -0.05) is 19.9 Å². The lowest BCUT2D eigenvalue weighted by Crippen LogP contribution is -2.39. The van der Waals surface area contributed by atoms with Crippen LogP contribution in [0.1, 0.15) is 26.3 Å². The average molecular weight is 282 g/mol. The Balaban J connectivity index is 2.51. The van der Waals surface area contributed by atoms with Crippen molar-refractivity contribution >= 4 is 5.91 Å². The Morgan fingerprint density at radius 1 is 1.35 bits per heavy atom. The van der Waals surface area contributed by atoms with Gasteiger partial charge >= 0.3 is 0 Å². The second-order valence-electron chi connectivity index (χ2n) is 5.18. The molecule has 1 rings (SSSR count). The first-order chi connectivity index (χ1) is 9.43. The van der Waals surface area contributed by atoms with Crippen molar-refractivity contribution in [2.24, 2.45) is 5.92 Å². The van der Waals surface area contributed by atoms with Crippen LogP contribution in [-0.2, 0) is 11.3 Å². The predicted octanol–water partition coefficient (Wildman–Crippen LogP) is 2.08. The van der Waals surface area contributed by atoms with Crippen LogP contribution in [-0.4, -0.2) is 25.6 Å². The summed E-state index contributed by atoms with van der Waals surface area (Å²) in [6, 6.07) is 4.78. The molecule has 1 aromatic rings. The molecular formula is C15H23FN2O2. The molecule has 5 heteroatoms. The van der Waals surface area contributed by atoms with Crippen molar-refractivity contribution in [3.63, 3.8) is 0 Å². The van der Waals surface area contributed by atoms with Crippen LogP contribution in [0, 0.1) is 11.7 Å². The van der Waals surface area contributed by atoms with Crippen LogP contribution in [0.4, 0.5) is 4.39 Å². The smallest absolute Gasteiger partial charge is 0.258 e. The Morgan fingerprint density at radius 2 is 2.05 bits per heavy atom. The Kier molecular flexibility index (Phi) is 6.45. The molecule has 1 unspecified atom stereocenters. The number of ether oxygens (including phenoxy) is 1. The first-order valence-corrected chi connectivity index (χ1v) is 6.79. The normalized spacial score (nSPS) is 12.3. The van der Waals surface area contributed by atoms with Crippen LogP contribution in [0.2, 0.25) is 0 Å². The summed E-state index contributed by atoms with van der Waals surface area (Å²) in [5.41, 5.74) is 0.829. The lowest BCUT2D eigenvalue weighted by atomic mass is 10.1. The highest BCUT2D eigenvalue weighted by atomic mass is 19.1. The van der Waals surface area contributed by atoms with E-state index in [1.165, 1.54) is 6.07 Å². The molecule has 112 valence electrons. The van der Waals surface area contributed by atoms with E-state index in [0.29, 0.717) is 12.5 Å². The summed E-state index contributed by atoms with van der Waals surface area (Å²) in [6.07, 6.45) is 0. The number of hydrogen-bond acceptors (Lipinski definition) is 3. The maximum Gasteiger partial charge on any atom is 0.258 e. The monoisotopic (exact) mass is 282 g/mol. The molecule has 20 heavy (non-hydrogen) atoms. The maximum atomic E-state index is 13.7. The number of rotatable bonds is 7. The number of amides is 1. The SMILES string of the molecule is CNCc1ccc(OCC(=O)NC(C)C(C)C)c(F)c1. The number of benzene rings is 1. The summed E-state index contributed by atoms with van der Waals surface area (Å²) in [4.78, 5) is 11.6. The number of hydrogen-bond donors (Lipinski definition) is 2. The second kappa shape index (κ2) is 7.85. The molecule has 0 aliphatic heterocycles. The third-order valence-corrected chi connectivity index (χ3v) is 3.12. The number of carbonyl (C=O) groups excluding carboxylic acids is 1. The van der Waals surface area contributed by atoms with Gasteiger partial charge in [0, 0.05) is 12.6 Å². The molecule has 0 bridgehead atoms. The van der Waals surface area contributed by atoms with Crippen molar-refractivity contribution in [2.75, 3.05) is 13.7 Å². The van der Waals surface area contributed by atoms with Crippen LogP contribution in [0.15, 0.2) is 18.2 Å². The van der Waals surface area contributed by atoms with E-state index in [2.05, 4.69) is 10.6 Å². The molecule has 0 saturated heterocycles. The molecule has 1 amide bonds. The minimum atomic E-state index is -0.456. The van der Waals surface area contributed by atoms with E-state index in [4.69, 9.17) is 4.74 Å². The first-order valence-electron chi connectivity index (χ1n) is 6.79. The topological polar surface area (TPSA) is 50.4 Å². The highest BCUT2D eigenvalue weighted by molar-refractivity contribution is 5.77. The zero-order valence-corrected chi connectivity index (χ0v) is 12.5. The molecule has 4 nitrogen and oxygen atoms in total. The summed E-state index contributed by atoms with van der Waals surface area (Å²) in [6.45, 7) is 6.37. The summed E-state index contributed by atoms with van der Waals surface area (Å²) in [7, 11) is 1.79. The van der Waals surface area contributed by atoms with Crippen molar-refractivity contribution in [1.29, 1.82) is 0 Å². The van der Waals surface area contributed by atoms with Crippen LogP contribution in [0.25, 0.3) is 0 Å². The molecule has 1 atom stereocenters. The fourth-order valence-corrected chi connectivity index (χ4v) is 1.58. The molecule has 0 aromatic heterocycles. The van der Waals surface area contributed by atoms with Crippen LogP contribution in [0.3, 0.4) is 0 Å². The van der Waals surface area contributed by atoms with Crippen molar-refractivity contribution in [1.82, 2.24) is 10.6 Å². The number of carbonyl (C=O) groups is 1. The van der Waals surface area contributed by atoms with Crippen molar-refractivity contribution in [2.45, 2.75) is 33.4 Å². The van der Waals surface area contributed by atoms with Gasteiger partial charge in [-0.15, -0.1) is 0 Å². The molecule has 0 heterocycles. The van der Waals surface area contributed by atoms with E-state index >= 15 is 0 Å². The summed E-state index contributed by atoms with van der Waals surface area (Å²) >= 11 is 0. The number of halogens is 1. The summed E-state index contributed by atoms with van der Waals surface area (Å²) in [5, 5.41) is 5.75. The average Bonchev–Trinajstić information content (AvgIpc) is 2.38. The maximum absolute atomic E-state index is 13.7. The lowest BCUT2D eigenvalue weighted by molar-refractivity contribution is -0.124. The second-order valence-corrected chi connectivity index (χ2v) is 5.18. The van der Waals surface area contributed by atoms with Gasteiger partial charge in [0.1, 0.15) is 0 Å². The Hall–Kier alpha value is -1.62. The van der Waals surface area contributed by atoms with Crippen molar-refractivity contribution < 1.29 is 13.9 Å². The van der Waals surface area contributed by atoms with E-state index < -0.39 is 5.82 Å². The molecule has 1 aromatic carbocycles. The highest BCUT2D eigenvalue weighted by Crippen LogP contribution is 2.18. The third-order valence-electron chi connectivity index (χ3n) is 3.12. The standard InChI is InChI=1S/C15H23FN2O2/c1-10(2)11(3)18-15(19)9-20-14-6-5-12(8-17-4)7-13(14)16/h5-7,10-11,17H,8-9H2,1-4H3,(H,18,19). The molecule has 2 N–H and O–H groups in total. The minimum Gasteiger partial charge on any atom is -0.481 e. The third kappa shape index (κ3) is 5.17. The molecule has 0 radical (unpaired) electrons. The summed E-state index contributed by atoms with van der Waals surface area (Å²) < 4.78 is 18.9. The van der Waals surface area contributed by atoms with Crippen molar-refractivity contribution in [3.8, 4) is 5.75 Å². The molecule has 0 saturated carbocycles. The van der Waals surface area contributed by atoms with Gasteiger partial charge in [0.2, 0.25) is 0 Å². The van der Waals surface area contributed by atoms with Crippen LogP contribution >= 0.6 is 0 Å². The molecule has 0 aliphatic rings. The van der Waals surface area contributed by atoms with E-state index in [0.717, 1.165) is 5.56 Å². The first kappa shape index (κ1) is 16.4. The van der Waals surface area contributed by atoms with Gasteiger partial charge in [-0.05, 0) is 37.6 Å². The van der Waals surface area contributed by atoms with E-state index in [9.17, 15) is 9.18 Å². The molecule has 0 aliphatic carbocycles. The Bertz CT molecular complexity index is 449. The Labute approximate surface area is 119 Å². The fourth-order valence-electron chi connectivity index (χ4n) is 1.58. The molecular weight excluding hydrogens is 259 g/mol. The zero-order chi connectivity index (χ0) is 15.1. The lowest BCUT2D eigenvalue weighted by Gasteiger charge is -2.17.